The summed E-state index contributed by atoms with van der Waals surface area (Å²) in [6, 6.07) is 14.5. The van der Waals surface area contributed by atoms with Gasteiger partial charge in [-0.05, 0) is 43.2 Å². The second-order valence-corrected chi connectivity index (χ2v) is 8.18. The number of anilines is 1. The first-order valence-corrected chi connectivity index (χ1v) is 10.0. The number of para-hydroxylation sites is 1. The highest BCUT2D eigenvalue weighted by Gasteiger charge is 2.32. The number of sulfone groups is 1. The van der Waals surface area contributed by atoms with Gasteiger partial charge in [-0.15, -0.1) is 0 Å². The SMILES string of the molecule is CCc1ccccc1N(C(=O)c1cccc(C)c1)[C@H]1C=CS(=O)(=O)C1. The van der Waals surface area contributed by atoms with Gasteiger partial charge in [0, 0.05) is 16.7 Å². The third-order valence-corrected chi connectivity index (χ3v) is 5.74. The van der Waals surface area contributed by atoms with Gasteiger partial charge < -0.3 is 4.90 Å². The van der Waals surface area contributed by atoms with Gasteiger partial charge in [-0.25, -0.2) is 8.42 Å². The fourth-order valence-electron chi connectivity index (χ4n) is 3.12. The molecule has 1 amide bonds. The van der Waals surface area contributed by atoms with Gasteiger partial charge in [0.15, 0.2) is 9.84 Å². The number of amides is 1. The number of rotatable bonds is 4. The summed E-state index contributed by atoms with van der Waals surface area (Å²) < 4.78 is 23.8. The fraction of sp³-hybridized carbons (Fsp3) is 0.250. The van der Waals surface area contributed by atoms with Crippen LogP contribution in [-0.4, -0.2) is 26.1 Å². The van der Waals surface area contributed by atoms with Crippen LogP contribution in [0.2, 0.25) is 0 Å². The summed E-state index contributed by atoms with van der Waals surface area (Å²) in [5.74, 6) is -0.265. The number of nitrogens with zero attached hydrogens (tertiary/aromatic N) is 1. The molecule has 0 aliphatic carbocycles. The molecule has 2 aromatic carbocycles. The van der Waals surface area contributed by atoms with Gasteiger partial charge in [-0.3, -0.25) is 4.79 Å². The van der Waals surface area contributed by atoms with Crippen molar-refractivity contribution in [3.63, 3.8) is 0 Å². The zero-order valence-electron chi connectivity index (χ0n) is 14.3. The summed E-state index contributed by atoms with van der Waals surface area (Å²) in [5.41, 5.74) is 3.33. The van der Waals surface area contributed by atoms with E-state index in [1.54, 1.807) is 17.0 Å². The van der Waals surface area contributed by atoms with Gasteiger partial charge in [0.25, 0.3) is 5.91 Å². The van der Waals surface area contributed by atoms with Crippen LogP contribution in [0.5, 0.6) is 0 Å². The molecule has 5 heteroatoms. The van der Waals surface area contributed by atoms with Crippen LogP contribution in [0.3, 0.4) is 0 Å². The molecule has 0 spiro atoms. The van der Waals surface area contributed by atoms with E-state index in [2.05, 4.69) is 0 Å². The highest BCUT2D eigenvalue weighted by molar-refractivity contribution is 7.94. The standard InChI is InChI=1S/C20H21NO3S/c1-3-16-8-4-5-10-19(16)21(18-11-12-25(23,24)14-18)20(22)17-9-6-7-15(2)13-17/h4-13,18H,3,14H2,1-2H3/t18-/m0/s1. The minimum absolute atomic E-state index is 0.0807. The molecule has 0 radical (unpaired) electrons. The molecular weight excluding hydrogens is 334 g/mol. The van der Waals surface area contributed by atoms with Gasteiger partial charge in [0.1, 0.15) is 0 Å². The Kier molecular flexibility index (Phi) is 4.77. The Labute approximate surface area is 148 Å². The summed E-state index contributed by atoms with van der Waals surface area (Å²) in [6.07, 6.45) is 2.37. The first-order chi connectivity index (χ1) is 11.9. The van der Waals surface area contributed by atoms with Crippen molar-refractivity contribution in [2.24, 2.45) is 0 Å². The number of carbonyl (C=O) groups is 1. The predicted octanol–water partition coefficient (Wildman–Crippen LogP) is 3.51. The number of hydrogen-bond acceptors (Lipinski definition) is 3. The monoisotopic (exact) mass is 355 g/mol. The molecule has 0 saturated carbocycles. The second-order valence-electron chi connectivity index (χ2n) is 6.25. The highest BCUT2D eigenvalue weighted by Crippen LogP contribution is 2.28. The molecule has 4 nitrogen and oxygen atoms in total. The molecule has 0 saturated heterocycles. The van der Waals surface area contributed by atoms with Gasteiger partial charge >= 0.3 is 0 Å². The molecule has 0 aromatic heterocycles. The van der Waals surface area contributed by atoms with Crippen LogP contribution in [-0.2, 0) is 16.3 Å². The summed E-state index contributed by atoms with van der Waals surface area (Å²) in [7, 11) is -3.27. The van der Waals surface area contributed by atoms with Crippen LogP contribution in [0.25, 0.3) is 0 Å². The Morgan fingerprint density at radius 1 is 1.16 bits per heavy atom. The first kappa shape index (κ1) is 17.4. The van der Waals surface area contributed by atoms with E-state index >= 15 is 0 Å². The molecule has 1 atom stereocenters. The van der Waals surface area contributed by atoms with E-state index in [0.717, 1.165) is 23.2 Å². The molecule has 1 aliphatic rings. The molecule has 1 aliphatic heterocycles. The van der Waals surface area contributed by atoms with Gasteiger partial charge in [0.2, 0.25) is 0 Å². The van der Waals surface area contributed by atoms with Gasteiger partial charge in [0.05, 0.1) is 11.8 Å². The normalized spacial score (nSPS) is 18.2. The van der Waals surface area contributed by atoms with E-state index < -0.39 is 15.9 Å². The minimum Gasteiger partial charge on any atom is -0.300 e. The molecule has 0 N–H and O–H groups in total. The maximum atomic E-state index is 13.3. The molecule has 0 fully saturated rings. The molecular formula is C20H21NO3S. The van der Waals surface area contributed by atoms with Crippen LogP contribution in [0, 0.1) is 6.92 Å². The van der Waals surface area contributed by atoms with Crippen molar-refractivity contribution in [1.29, 1.82) is 0 Å². The lowest BCUT2D eigenvalue weighted by atomic mass is 10.0. The van der Waals surface area contributed by atoms with Crippen molar-refractivity contribution < 1.29 is 13.2 Å². The van der Waals surface area contributed by atoms with Crippen LogP contribution in [0.1, 0.15) is 28.4 Å². The predicted molar refractivity (Wildman–Crippen MR) is 101 cm³/mol. The average Bonchev–Trinajstić information content (AvgIpc) is 2.95. The minimum atomic E-state index is -3.27. The highest BCUT2D eigenvalue weighted by atomic mass is 32.2. The van der Waals surface area contributed by atoms with Gasteiger partial charge in [-0.2, -0.15) is 0 Å². The van der Waals surface area contributed by atoms with Crippen molar-refractivity contribution in [3.8, 4) is 0 Å². The smallest absolute Gasteiger partial charge is 0.258 e. The first-order valence-electron chi connectivity index (χ1n) is 8.30. The largest absolute Gasteiger partial charge is 0.300 e. The molecule has 25 heavy (non-hydrogen) atoms. The lowest BCUT2D eigenvalue weighted by Crippen LogP contribution is -2.41. The Morgan fingerprint density at radius 3 is 2.56 bits per heavy atom. The fourth-order valence-corrected chi connectivity index (χ4v) is 4.39. The van der Waals surface area contributed by atoms with Crippen LogP contribution in [0.4, 0.5) is 5.69 Å². The average molecular weight is 355 g/mol. The van der Waals surface area contributed by atoms with Crippen LogP contribution in [0.15, 0.2) is 60.0 Å². The Balaban J connectivity index is 2.09. The number of hydrogen-bond donors (Lipinski definition) is 0. The van der Waals surface area contributed by atoms with Crippen molar-refractivity contribution in [3.05, 3.63) is 76.7 Å². The number of carbonyl (C=O) groups excluding carboxylic acids is 1. The molecule has 130 valence electrons. The molecule has 3 rings (SSSR count). The van der Waals surface area contributed by atoms with Crippen molar-refractivity contribution >= 4 is 21.4 Å². The summed E-state index contributed by atoms with van der Waals surface area (Å²) in [4.78, 5) is 14.9. The quantitative estimate of drug-likeness (QED) is 0.843. The van der Waals surface area contributed by atoms with E-state index in [1.807, 2.05) is 56.3 Å². The maximum Gasteiger partial charge on any atom is 0.258 e. The summed E-state index contributed by atoms with van der Waals surface area (Å²) >= 11 is 0. The number of benzene rings is 2. The Hall–Kier alpha value is -2.40. The topological polar surface area (TPSA) is 54.5 Å². The lowest BCUT2D eigenvalue weighted by Gasteiger charge is -2.29. The van der Waals surface area contributed by atoms with E-state index in [4.69, 9.17) is 0 Å². The third-order valence-electron chi connectivity index (χ3n) is 4.36. The zero-order valence-corrected chi connectivity index (χ0v) is 15.2. The maximum absolute atomic E-state index is 13.3. The van der Waals surface area contributed by atoms with Crippen LogP contribution >= 0.6 is 0 Å². The van der Waals surface area contributed by atoms with E-state index in [-0.39, 0.29) is 11.7 Å². The van der Waals surface area contributed by atoms with Crippen molar-refractivity contribution in [2.75, 3.05) is 10.7 Å². The van der Waals surface area contributed by atoms with Crippen LogP contribution < -0.4 is 4.90 Å². The van der Waals surface area contributed by atoms with Crippen molar-refractivity contribution in [1.82, 2.24) is 0 Å². The molecule has 0 bridgehead atoms. The summed E-state index contributed by atoms with van der Waals surface area (Å²) in [5, 5.41) is 1.21. The van der Waals surface area contributed by atoms with E-state index in [1.165, 1.54) is 5.41 Å². The number of aryl methyl sites for hydroxylation is 2. The third kappa shape index (κ3) is 3.66. The molecule has 1 heterocycles. The zero-order chi connectivity index (χ0) is 18.0. The Morgan fingerprint density at radius 2 is 1.92 bits per heavy atom. The second kappa shape index (κ2) is 6.84. The Bertz CT molecular complexity index is 931. The lowest BCUT2D eigenvalue weighted by molar-refractivity contribution is 0.0983. The van der Waals surface area contributed by atoms with E-state index in [9.17, 15) is 13.2 Å². The molecule has 0 unspecified atom stereocenters. The molecule has 2 aromatic rings. The van der Waals surface area contributed by atoms with Gasteiger partial charge in [-0.1, -0.05) is 42.8 Å². The van der Waals surface area contributed by atoms with E-state index in [0.29, 0.717) is 5.56 Å². The van der Waals surface area contributed by atoms with Crippen molar-refractivity contribution in [2.45, 2.75) is 26.3 Å². The summed E-state index contributed by atoms with van der Waals surface area (Å²) in [6.45, 7) is 3.95.